The van der Waals surface area contributed by atoms with Crippen molar-refractivity contribution in [3.05, 3.63) is 21.0 Å². The first-order valence-corrected chi connectivity index (χ1v) is 6.45. The Balaban J connectivity index is 2.38. The van der Waals surface area contributed by atoms with E-state index in [1.165, 1.54) is 6.20 Å². The highest BCUT2D eigenvalue weighted by Crippen LogP contribution is 2.25. The van der Waals surface area contributed by atoms with Gasteiger partial charge in [-0.05, 0) is 36.7 Å². The number of fused-ring (bicyclic) bond motifs is 1. The minimum atomic E-state index is -1.12. The molecule has 0 radical (unpaired) electrons. The predicted octanol–water partition coefficient (Wildman–Crippen LogP) is 1.25. The number of amides is 1. The molecule has 1 aromatic heterocycles. The summed E-state index contributed by atoms with van der Waals surface area (Å²) in [6, 6.07) is 0. The van der Waals surface area contributed by atoms with Gasteiger partial charge in [-0.15, -0.1) is 0 Å². The molecule has 104 valence electrons. The van der Waals surface area contributed by atoms with Crippen LogP contribution in [0.15, 0.2) is 15.5 Å². The zero-order chi connectivity index (χ0) is 14.4. The van der Waals surface area contributed by atoms with E-state index in [4.69, 9.17) is 4.74 Å². The number of ether oxygens (including phenoxy) is 1. The molecule has 1 N–H and O–H groups in total. The molecule has 0 saturated carbocycles. The van der Waals surface area contributed by atoms with E-state index < -0.39 is 23.5 Å². The lowest BCUT2D eigenvalue weighted by molar-refractivity contribution is 0.0559. The van der Waals surface area contributed by atoms with Crippen LogP contribution in [0, 0.1) is 0 Å². The first kappa shape index (κ1) is 14.0. The molecule has 19 heavy (non-hydrogen) atoms. The summed E-state index contributed by atoms with van der Waals surface area (Å²) in [4.78, 5) is 29.0. The molecular weight excluding hydrogens is 318 g/mol. The van der Waals surface area contributed by atoms with Crippen molar-refractivity contribution in [1.29, 1.82) is 0 Å². The van der Waals surface area contributed by atoms with E-state index in [0.717, 1.165) is 9.47 Å². The van der Waals surface area contributed by atoms with Gasteiger partial charge in [0, 0.05) is 0 Å². The number of aliphatic hydroxyl groups is 1. The monoisotopic (exact) mass is 331 g/mol. The van der Waals surface area contributed by atoms with E-state index in [-0.39, 0.29) is 17.0 Å². The number of halogens is 1. The van der Waals surface area contributed by atoms with Crippen LogP contribution in [0.2, 0.25) is 0 Å². The molecule has 1 amide bonds. The van der Waals surface area contributed by atoms with Gasteiger partial charge in [0.1, 0.15) is 10.1 Å². The highest BCUT2D eigenvalue weighted by Gasteiger charge is 2.36. The number of hydrogen-bond acceptors (Lipinski definition) is 5. The highest BCUT2D eigenvalue weighted by molar-refractivity contribution is 9.10. The van der Waals surface area contributed by atoms with E-state index in [0.29, 0.717) is 0 Å². The summed E-state index contributed by atoms with van der Waals surface area (Å²) >= 11 is 3.04. The Kier molecular flexibility index (Phi) is 3.40. The SMILES string of the molecule is CC(C)(C)OC(=O)N1CC(O)n2c1ncc(Br)c2=O. The van der Waals surface area contributed by atoms with Crippen molar-refractivity contribution in [1.82, 2.24) is 9.55 Å². The molecule has 1 aliphatic heterocycles. The Hall–Kier alpha value is -1.41. The third kappa shape index (κ3) is 2.64. The molecule has 1 aliphatic rings. The number of carbonyl (C=O) groups excluding carboxylic acids is 1. The molecule has 8 heteroatoms. The van der Waals surface area contributed by atoms with Crippen molar-refractivity contribution in [2.45, 2.75) is 32.6 Å². The third-order valence-corrected chi connectivity index (χ3v) is 2.98. The van der Waals surface area contributed by atoms with E-state index in [9.17, 15) is 14.7 Å². The van der Waals surface area contributed by atoms with E-state index in [2.05, 4.69) is 20.9 Å². The fourth-order valence-corrected chi connectivity index (χ4v) is 2.00. The van der Waals surface area contributed by atoms with Crippen molar-refractivity contribution in [2.24, 2.45) is 0 Å². The van der Waals surface area contributed by atoms with Crippen LogP contribution >= 0.6 is 15.9 Å². The number of carbonyl (C=O) groups is 1. The van der Waals surface area contributed by atoms with Crippen LogP contribution in [-0.2, 0) is 4.74 Å². The first-order valence-electron chi connectivity index (χ1n) is 5.66. The lowest BCUT2D eigenvalue weighted by Crippen LogP contribution is -2.36. The van der Waals surface area contributed by atoms with E-state index in [1.807, 2.05) is 0 Å². The number of aromatic nitrogens is 2. The van der Waals surface area contributed by atoms with Crippen LogP contribution in [0.1, 0.15) is 27.0 Å². The summed E-state index contributed by atoms with van der Waals surface area (Å²) in [6.45, 7) is 5.14. The number of anilines is 1. The van der Waals surface area contributed by atoms with Gasteiger partial charge in [-0.1, -0.05) is 0 Å². The third-order valence-electron chi connectivity index (χ3n) is 2.43. The van der Waals surface area contributed by atoms with Gasteiger partial charge in [0.25, 0.3) is 5.56 Å². The van der Waals surface area contributed by atoms with Crippen molar-refractivity contribution < 1.29 is 14.6 Å². The van der Waals surface area contributed by atoms with Crippen LogP contribution in [0.25, 0.3) is 0 Å². The zero-order valence-electron chi connectivity index (χ0n) is 10.8. The Morgan fingerprint density at radius 1 is 1.58 bits per heavy atom. The standard InChI is InChI=1S/C11H14BrN3O4/c1-11(2,3)19-10(18)14-5-7(16)15-8(17)6(12)4-13-9(14)15/h4,7,16H,5H2,1-3H3. The highest BCUT2D eigenvalue weighted by atomic mass is 79.9. The van der Waals surface area contributed by atoms with Crippen molar-refractivity contribution in [3.63, 3.8) is 0 Å². The van der Waals surface area contributed by atoms with Crippen molar-refractivity contribution >= 4 is 28.0 Å². The summed E-state index contributed by atoms with van der Waals surface area (Å²) in [5.41, 5.74) is -1.10. The molecule has 0 saturated heterocycles. The fourth-order valence-electron chi connectivity index (χ4n) is 1.71. The average Bonchev–Trinajstić information content (AvgIpc) is 2.59. The number of rotatable bonds is 0. The predicted molar refractivity (Wildman–Crippen MR) is 71.0 cm³/mol. The van der Waals surface area contributed by atoms with Gasteiger partial charge in [0.2, 0.25) is 5.95 Å². The van der Waals surface area contributed by atoms with Gasteiger partial charge >= 0.3 is 6.09 Å². The molecule has 0 aromatic carbocycles. The maximum Gasteiger partial charge on any atom is 0.417 e. The second-order valence-corrected chi connectivity index (χ2v) is 6.01. The topological polar surface area (TPSA) is 84.7 Å². The quantitative estimate of drug-likeness (QED) is 0.773. The van der Waals surface area contributed by atoms with E-state index in [1.54, 1.807) is 20.8 Å². The number of hydrogen-bond donors (Lipinski definition) is 1. The minimum absolute atomic E-state index is 0.0619. The van der Waals surface area contributed by atoms with Crippen molar-refractivity contribution in [3.8, 4) is 0 Å². The molecule has 1 unspecified atom stereocenters. The summed E-state index contributed by atoms with van der Waals surface area (Å²) < 4.78 is 6.48. The van der Waals surface area contributed by atoms with Gasteiger partial charge in [-0.25, -0.2) is 19.2 Å². The normalized spacial score (nSPS) is 18.4. The van der Waals surface area contributed by atoms with Gasteiger partial charge in [-0.3, -0.25) is 4.79 Å². The van der Waals surface area contributed by atoms with Crippen LogP contribution in [0.3, 0.4) is 0 Å². The molecule has 7 nitrogen and oxygen atoms in total. The van der Waals surface area contributed by atoms with Crippen molar-refractivity contribution in [2.75, 3.05) is 11.4 Å². The smallest absolute Gasteiger partial charge is 0.417 e. The minimum Gasteiger partial charge on any atom is -0.443 e. The van der Waals surface area contributed by atoms with E-state index >= 15 is 0 Å². The molecule has 1 aromatic rings. The molecule has 1 atom stereocenters. The van der Waals surface area contributed by atoms with Crippen LogP contribution in [0.4, 0.5) is 10.7 Å². The zero-order valence-corrected chi connectivity index (χ0v) is 12.3. The molecule has 2 rings (SSSR count). The van der Waals surface area contributed by atoms with Gasteiger partial charge in [0.15, 0.2) is 6.23 Å². The number of aliphatic hydroxyl groups excluding tert-OH is 1. The second kappa shape index (κ2) is 4.61. The Bertz CT molecular complexity index is 578. The molecular formula is C11H14BrN3O4. The fraction of sp³-hybridized carbons (Fsp3) is 0.545. The summed E-state index contributed by atoms with van der Waals surface area (Å²) in [6.07, 6.45) is -0.476. The summed E-state index contributed by atoms with van der Waals surface area (Å²) in [7, 11) is 0. The second-order valence-electron chi connectivity index (χ2n) is 5.15. The first-order chi connectivity index (χ1) is 8.70. The van der Waals surface area contributed by atoms with Crippen LogP contribution in [-0.4, -0.2) is 32.9 Å². The number of β-amino-alcohol motifs (C(OH)–C–C–N with tert-alkyl or cyclic N) is 1. The Labute approximate surface area is 117 Å². The lowest BCUT2D eigenvalue weighted by atomic mass is 10.2. The van der Waals surface area contributed by atoms with Gasteiger partial charge < -0.3 is 9.84 Å². The number of nitrogens with zero attached hydrogens (tertiary/aromatic N) is 3. The molecule has 0 aliphatic carbocycles. The van der Waals surface area contributed by atoms with Crippen LogP contribution in [0.5, 0.6) is 0 Å². The summed E-state index contributed by atoms with van der Waals surface area (Å²) in [5.74, 6) is 0.0787. The molecule has 2 heterocycles. The Morgan fingerprint density at radius 2 is 2.21 bits per heavy atom. The summed E-state index contributed by atoms with van der Waals surface area (Å²) in [5, 5.41) is 9.86. The molecule has 0 bridgehead atoms. The van der Waals surface area contributed by atoms with Gasteiger partial charge in [-0.2, -0.15) is 0 Å². The largest absolute Gasteiger partial charge is 0.443 e. The average molecular weight is 332 g/mol. The van der Waals surface area contributed by atoms with Gasteiger partial charge in [0.05, 0.1) is 12.7 Å². The molecule has 0 spiro atoms. The maximum absolute atomic E-state index is 12.0. The molecule has 0 fully saturated rings. The van der Waals surface area contributed by atoms with Crippen LogP contribution < -0.4 is 10.5 Å². The maximum atomic E-state index is 12.0. The lowest BCUT2D eigenvalue weighted by Gasteiger charge is -2.23. The Morgan fingerprint density at radius 3 is 2.79 bits per heavy atom.